The number of hydrogen-bond donors (Lipinski definition) is 1. The molecule has 0 aliphatic carbocycles. The maximum Gasteiger partial charge on any atom is 0.295 e. The molecular formula is C17H14N4O5. The number of rotatable bonds is 4. The number of carbonyl (C=O) groups is 1. The molecule has 1 amide bonds. The highest BCUT2D eigenvalue weighted by Crippen LogP contribution is 2.39. The van der Waals surface area contributed by atoms with Gasteiger partial charge in [-0.25, -0.2) is 0 Å². The Morgan fingerprint density at radius 2 is 1.92 bits per heavy atom. The largest absolute Gasteiger partial charge is 0.497 e. The number of nitrogens with zero attached hydrogens (tertiary/aromatic N) is 4. The molecule has 1 heterocycles. The molecule has 0 fully saturated rings. The van der Waals surface area contributed by atoms with Gasteiger partial charge in [-0.05, 0) is 30.3 Å². The maximum absolute atomic E-state index is 12.1. The maximum atomic E-state index is 12.1. The van der Waals surface area contributed by atoms with E-state index in [1.807, 2.05) is 0 Å². The number of nitro groups is 1. The summed E-state index contributed by atoms with van der Waals surface area (Å²) in [6.07, 6.45) is 0. The number of methoxy groups -OCH3 is 1. The smallest absolute Gasteiger partial charge is 0.295 e. The fraction of sp³-hybridized carbons (Fsp3) is 0.118. The van der Waals surface area contributed by atoms with Crippen molar-refractivity contribution >= 4 is 28.2 Å². The minimum atomic E-state index is -0.616. The molecule has 0 saturated heterocycles. The minimum Gasteiger partial charge on any atom is -0.497 e. The molecule has 0 bridgehead atoms. The average molecular weight is 354 g/mol. The van der Waals surface area contributed by atoms with Gasteiger partial charge in [0.1, 0.15) is 5.75 Å². The molecule has 1 aromatic heterocycles. The molecule has 0 saturated carbocycles. The van der Waals surface area contributed by atoms with E-state index in [4.69, 9.17) is 4.74 Å². The molecular weight excluding hydrogens is 340 g/mol. The van der Waals surface area contributed by atoms with Crippen molar-refractivity contribution in [2.75, 3.05) is 7.11 Å². The van der Waals surface area contributed by atoms with Crippen LogP contribution >= 0.6 is 0 Å². The number of benzene rings is 2. The summed E-state index contributed by atoms with van der Waals surface area (Å²) in [4.78, 5) is 22.6. The predicted molar refractivity (Wildman–Crippen MR) is 93.1 cm³/mol. The highest BCUT2D eigenvalue weighted by molar-refractivity contribution is 5.98. The lowest BCUT2D eigenvalue weighted by atomic mass is 10.2. The van der Waals surface area contributed by atoms with Crippen LogP contribution in [0.3, 0.4) is 0 Å². The third-order valence-corrected chi connectivity index (χ3v) is 3.91. The number of ether oxygens (including phenoxy) is 1. The summed E-state index contributed by atoms with van der Waals surface area (Å²) in [5, 5.41) is 29.0. The van der Waals surface area contributed by atoms with Crippen LogP contribution in [0.4, 0.5) is 11.4 Å². The summed E-state index contributed by atoms with van der Waals surface area (Å²) < 4.78 is 6.43. The van der Waals surface area contributed by atoms with E-state index in [1.54, 1.807) is 19.2 Å². The Balaban J connectivity index is 2.00. The summed E-state index contributed by atoms with van der Waals surface area (Å²) in [6.45, 7) is 0. The highest BCUT2D eigenvalue weighted by atomic mass is 16.6. The van der Waals surface area contributed by atoms with Crippen molar-refractivity contribution in [3.63, 3.8) is 0 Å². The zero-order chi connectivity index (χ0) is 18.8. The third-order valence-electron chi connectivity index (χ3n) is 3.91. The molecule has 9 heteroatoms. The second-order valence-electron chi connectivity index (χ2n) is 5.42. The summed E-state index contributed by atoms with van der Waals surface area (Å²) >= 11 is 0. The molecule has 1 N–H and O–H groups in total. The first-order chi connectivity index (χ1) is 12.4. The summed E-state index contributed by atoms with van der Waals surface area (Å²) in [6, 6.07) is 10.4. The predicted octanol–water partition coefficient (Wildman–Crippen LogP) is 3.72. The van der Waals surface area contributed by atoms with E-state index in [2.05, 4.69) is 10.2 Å². The zero-order valence-electron chi connectivity index (χ0n) is 13.9. The summed E-state index contributed by atoms with van der Waals surface area (Å²) in [5.74, 6) is -0.265. The topological polar surface area (TPSA) is 119 Å². The molecule has 26 heavy (non-hydrogen) atoms. The second kappa shape index (κ2) is 6.63. The SMILES string of the molecule is COc1ccc(C(=O)N=Nc2c(O)n(C)c3ccc([N+](=O)[O-])cc23)cc1. The van der Waals surface area contributed by atoms with Crippen LogP contribution in [-0.4, -0.2) is 27.6 Å². The Bertz CT molecular complexity index is 1040. The zero-order valence-corrected chi connectivity index (χ0v) is 13.9. The normalized spacial score (nSPS) is 11.2. The van der Waals surface area contributed by atoms with Gasteiger partial charge in [0.15, 0.2) is 5.69 Å². The van der Waals surface area contributed by atoms with Crippen molar-refractivity contribution in [2.45, 2.75) is 0 Å². The van der Waals surface area contributed by atoms with Gasteiger partial charge in [0, 0.05) is 30.1 Å². The number of fused-ring (bicyclic) bond motifs is 1. The number of aromatic nitrogens is 1. The molecule has 0 unspecified atom stereocenters. The van der Waals surface area contributed by atoms with Crippen molar-refractivity contribution in [3.8, 4) is 11.6 Å². The van der Waals surface area contributed by atoms with E-state index >= 15 is 0 Å². The van der Waals surface area contributed by atoms with E-state index in [9.17, 15) is 20.0 Å². The van der Waals surface area contributed by atoms with Crippen molar-refractivity contribution in [1.29, 1.82) is 0 Å². The van der Waals surface area contributed by atoms with Crippen LogP contribution in [0.15, 0.2) is 52.7 Å². The van der Waals surface area contributed by atoms with Crippen molar-refractivity contribution in [3.05, 3.63) is 58.1 Å². The lowest BCUT2D eigenvalue weighted by Gasteiger charge is -1.99. The van der Waals surface area contributed by atoms with Gasteiger partial charge in [0.2, 0.25) is 5.88 Å². The van der Waals surface area contributed by atoms with E-state index < -0.39 is 10.8 Å². The van der Waals surface area contributed by atoms with Gasteiger partial charge in [-0.15, -0.1) is 10.2 Å². The molecule has 0 radical (unpaired) electrons. The first-order valence-corrected chi connectivity index (χ1v) is 7.48. The monoisotopic (exact) mass is 354 g/mol. The minimum absolute atomic E-state index is 0.00642. The lowest BCUT2D eigenvalue weighted by Crippen LogP contribution is -1.93. The van der Waals surface area contributed by atoms with Crippen LogP contribution in [-0.2, 0) is 7.05 Å². The summed E-state index contributed by atoms with van der Waals surface area (Å²) in [5.41, 5.74) is 0.660. The average Bonchev–Trinajstić information content (AvgIpc) is 2.90. The number of non-ortho nitro benzene ring substituents is 1. The molecule has 0 spiro atoms. The van der Waals surface area contributed by atoms with Crippen molar-refractivity contribution < 1.29 is 19.6 Å². The van der Waals surface area contributed by atoms with E-state index in [0.29, 0.717) is 22.2 Å². The van der Waals surface area contributed by atoms with E-state index in [0.717, 1.165) is 0 Å². The van der Waals surface area contributed by atoms with E-state index in [1.165, 1.54) is 42.0 Å². The summed E-state index contributed by atoms with van der Waals surface area (Å²) in [7, 11) is 3.09. The van der Waals surface area contributed by atoms with Crippen LogP contribution in [0.25, 0.3) is 10.9 Å². The molecule has 2 aromatic carbocycles. The molecule has 3 rings (SSSR count). The van der Waals surface area contributed by atoms with Gasteiger partial charge in [0.25, 0.3) is 11.6 Å². The molecule has 0 atom stereocenters. The lowest BCUT2D eigenvalue weighted by molar-refractivity contribution is -0.384. The number of nitro benzene ring substituents is 1. The molecule has 0 aliphatic rings. The van der Waals surface area contributed by atoms with Gasteiger partial charge >= 0.3 is 0 Å². The molecule has 9 nitrogen and oxygen atoms in total. The van der Waals surface area contributed by atoms with Gasteiger partial charge in [-0.2, -0.15) is 0 Å². The van der Waals surface area contributed by atoms with Crippen LogP contribution in [0, 0.1) is 10.1 Å². The Morgan fingerprint density at radius 3 is 2.54 bits per heavy atom. The third kappa shape index (κ3) is 2.97. The number of carbonyl (C=O) groups excluding carboxylic acids is 1. The van der Waals surface area contributed by atoms with Gasteiger partial charge in [-0.1, -0.05) is 0 Å². The Hall–Kier alpha value is -3.75. The number of aromatic hydroxyl groups is 1. The first kappa shape index (κ1) is 17.1. The molecule has 132 valence electrons. The fourth-order valence-corrected chi connectivity index (χ4v) is 2.50. The van der Waals surface area contributed by atoms with Crippen LogP contribution in [0.5, 0.6) is 11.6 Å². The Morgan fingerprint density at radius 1 is 1.23 bits per heavy atom. The standard InChI is InChI=1S/C17H14N4O5/c1-20-14-8-5-11(21(24)25)9-13(14)15(17(20)23)18-19-16(22)10-3-6-12(26-2)7-4-10/h3-9,23H,1-2H3. The molecule has 0 aliphatic heterocycles. The van der Waals surface area contributed by atoms with Crippen LogP contribution in [0.2, 0.25) is 0 Å². The van der Waals surface area contributed by atoms with E-state index in [-0.39, 0.29) is 17.3 Å². The number of aryl methyl sites for hydroxylation is 1. The van der Waals surface area contributed by atoms with Crippen molar-refractivity contribution in [1.82, 2.24) is 4.57 Å². The van der Waals surface area contributed by atoms with Gasteiger partial charge in [0.05, 0.1) is 17.5 Å². The fourth-order valence-electron chi connectivity index (χ4n) is 2.50. The van der Waals surface area contributed by atoms with Gasteiger partial charge in [-0.3, -0.25) is 14.9 Å². The van der Waals surface area contributed by atoms with Crippen LogP contribution < -0.4 is 4.74 Å². The van der Waals surface area contributed by atoms with Crippen LogP contribution in [0.1, 0.15) is 10.4 Å². The highest BCUT2D eigenvalue weighted by Gasteiger charge is 2.18. The Kier molecular flexibility index (Phi) is 4.36. The first-order valence-electron chi connectivity index (χ1n) is 7.48. The quantitative estimate of drug-likeness (QED) is 0.435. The molecule has 3 aromatic rings. The van der Waals surface area contributed by atoms with Crippen molar-refractivity contribution in [2.24, 2.45) is 17.3 Å². The Labute approximate surface area is 147 Å². The number of azo groups is 1. The van der Waals surface area contributed by atoms with Gasteiger partial charge < -0.3 is 14.4 Å². The number of amides is 1. The second-order valence-corrected chi connectivity index (χ2v) is 5.42. The number of hydrogen-bond acceptors (Lipinski definition) is 6.